The van der Waals surface area contributed by atoms with Crippen LogP contribution in [0.1, 0.15) is 82.8 Å². The van der Waals surface area contributed by atoms with E-state index >= 15 is 14.4 Å². The summed E-state index contributed by atoms with van der Waals surface area (Å²) in [6.07, 6.45) is 6.07. The topological polar surface area (TPSA) is 127 Å². The highest BCUT2D eigenvalue weighted by Gasteiger charge is 2.74. The summed E-state index contributed by atoms with van der Waals surface area (Å²) in [4.78, 5) is 51.2. The third kappa shape index (κ3) is 7.31. The number of cyclic esters (lactones) is 1. The number of hydrogen-bond donors (Lipinski definition) is 2. The van der Waals surface area contributed by atoms with E-state index in [1.54, 1.807) is 19.1 Å². The Hall–Kier alpha value is -6.87. The van der Waals surface area contributed by atoms with Crippen LogP contribution in [-0.2, 0) is 37.5 Å². The van der Waals surface area contributed by atoms with Crippen molar-refractivity contribution >= 4 is 23.5 Å². The van der Waals surface area contributed by atoms with E-state index < -0.39 is 41.5 Å². The lowest BCUT2D eigenvalue weighted by Crippen LogP contribution is -2.56. The molecular formula is C54H51N3O8. The van der Waals surface area contributed by atoms with E-state index in [-0.39, 0.29) is 31.6 Å². The molecule has 5 aromatic carbocycles. The molecule has 1 aliphatic carbocycles. The zero-order chi connectivity index (χ0) is 44.7. The van der Waals surface area contributed by atoms with Gasteiger partial charge in [0.05, 0.1) is 38.8 Å². The van der Waals surface area contributed by atoms with Crippen LogP contribution in [0.25, 0.3) is 0 Å². The van der Waals surface area contributed by atoms with E-state index in [1.807, 2.05) is 115 Å². The van der Waals surface area contributed by atoms with Crippen LogP contribution in [0.5, 0.6) is 17.2 Å². The summed E-state index contributed by atoms with van der Waals surface area (Å²) in [5, 5.41) is 12.8. The molecule has 10 rings (SSSR count). The van der Waals surface area contributed by atoms with Crippen molar-refractivity contribution in [2.24, 2.45) is 5.92 Å². The molecule has 2 saturated heterocycles. The van der Waals surface area contributed by atoms with Crippen LogP contribution in [0, 0.1) is 17.8 Å². The molecule has 1 spiro atoms. The molecule has 2 N–H and O–H groups in total. The zero-order valence-electron chi connectivity index (χ0n) is 36.5. The van der Waals surface area contributed by atoms with Gasteiger partial charge in [-0.15, -0.1) is 0 Å². The van der Waals surface area contributed by atoms with Crippen molar-refractivity contribution < 1.29 is 38.4 Å². The Morgan fingerprint density at radius 1 is 0.815 bits per heavy atom. The van der Waals surface area contributed by atoms with Gasteiger partial charge >= 0.3 is 5.97 Å². The second kappa shape index (κ2) is 17.6. The number of anilines is 1. The number of esters is 1. The van der Waals surface area contributed by atoms with Crippen molar-refractivity contribution in [2.45, 2.75) is 68.3 Å². The maximum atomic E-state index is 16.1. The normalized spacial score (nSPS) is 24.4. The van der Waals surface area contributed by atoms with Crippen molar-refractivity contribution in [1.29, 1.82) is 0 Å². The second-order valence-corrected chi connectivity index (χ2v) is 17.3. The standard InChI is InChI=1S/C54H51N3O8/c1-62-44-31-39-26-27-56(33-40(39)32-45(44)63-2)51(59)46-48-52(60)65-49(37-16-10-5-11-17-37)47(36-14-8-4-9-15-36)57(48)50(38-21-23-41(24-22-38)64-29-28-58)54(46)42-30-35(20-25-43(42)55-53(54)61)19-18-34-12-6-3-7-13-34/h4-5,8-12,14-17,20-25,30-32,46-50,58H,3,6-7,13,26-29,33H2,1-2H3,(H,55,61)/t46-,47-,48-,49+,50+,54-/m0/s1. The SMILES string of the molecule is COc1cc2c(cc1OC)CN(C(=O)[C@@H]1[C@H]3C(=O)O[C@H](c4ccccc4)[C@H](c4ccccc4)N3[C@H](c3ccc(OCCO)cc3)[C@@]13C(=O)Nc1ccc(C#CC4=CCCCC4)cc13)CC2. The lowest BCUT2D eigenvalue weighted by atomic mass is 9.65. The first kappa shape index (κ1) is 42.1. The number of allylic oxidation sites excluding steroid dienone is 2. The van der Waals surface area contributed by atoms with Gasteiger partial charge in [-0.3, -0.25) is 19.3 Å². The first-order valence-electron chi connectivity index (χ1n) is 22.4. The van der Waals surface area contributed by atoms with E-state index in [2.05, 4.69) is 28.1 Å². The number of carbonyl (C=O) groups excluding carboxylic acids is 3. The predicted octanol–water partition coefficient (Wildman–Crippen LogP) is 7.78. The van der Waals surface area contributed by atoms with Gasteiger partial charge in [-0.25, -0.2) is 0 Å². The van der Waals surface area contributed by atoms with Gasteiger partial charge in [-0.2, -0.15) is 0 Å². The lowest BCUT2D eigenvalue weighted by molar-refractivity contribution is -0.179. The number of carbonyl (C=O) groups is 3. The van der Waals surface area contributed by atoms with Crippen LogP contribution in [-0.4, -0.2) is 72.7 Å². The molecule has 0 radical (unpaired) electrons. The third-order valence-corrected chi connectivity index (χ3v) is 13.8. The van der Waals surface area contributed by atoms with E-state index in [9.17, 15) is 5.11 Å². The summed E-state index contributed by atoms with van der Waals surface area (Å²) in [5.74, 6) is 5.94. The summed E-state index contributed by atoms with van der Waals surface area (Å²) in [5.41, 5.74) is 5.57. The number of aliphatic hydroxyl groups is 1. The van der Waals surface area contributed by atoms with Gasteiger partial charge in [-0.1, -0.05) is 90.7 Å². The fourth-order valence-electron chi connectivity index (χ4n) is 10.9. The fraction of sp³-hybridized carbons (Fsp3) is 0.315. The molecule has 11 heteroatoms. The number of nitrogens with zero attached hydrogens (tertiary/aromatic N) is 2. The van der Waals surface area contributed by atoms with Gasteiger partial charge < -0.3 is 34.3 Å². The minimum atomic E-state index is -1.66. The Morgan fingerprint density at radius 2 is 1.54 bits per heavy atom. The molecule has 5 aliphatic rings. The summed E-state index contributed by atoms with van der Waals surface area (Å²) in [7, 11) is 3.18. The van der Waals surface area contributed by atoms with E-state index in [4.69, 9.17) is 18.9 Å². The molecule has 0 bridgehead atoms. The number of aliphatic hydroxyl groups excluding tert-OH is 1. The lowest BCUT2D eigenvalue weighted by Gasteiger charge is -2.46. The van der Waals surface area contributed by atoms with Gasteiger partial charge in [0.2, 0.25) is 11.8 Å². The number of nitrogens with one attached hydrogen (secondary N) is 1. The summed E-state index contributed by atoms with van der Waals surface area (Å²) >= 11 is 0. The molecule has 2 fully saturated rings. The number of morpholine rings is 1. The molecule has 11 nitrogen and oxygen atoms in total. The first-order chi connectivity index (χ1) is 31.8. The number of rotatable bonds is 9. The Bertz CT molecular complexity index is 2730. The number of methoxy groups -OCH3 is 2. The Kier molecular flexibility index (Phi) is 11.4. The van der Waals surface area contributed by atoms with Crippen LogP contribution in [0.4, 0.5) is 5.69 Å². The highest BCUT2D eigenvalue weighted by Crippen LogP contribution is 2.65. The van der Waals surface area contributed by atoms with E-state index in [0.717, 1.165) is 53.5 Å². The molecule has 0 aromatic heterocycles. The first-order valence-corrected chi connectivity index (χ1v) is 22.4. The van der Waals surface area contributed by atoms with Crippen LogP contribution >= 0.6 is 0 Å². The monoisotopic (exact) mass is 869 g/mol. The quantitative estimate of drug-likeness (QED) is 0.113. The molecular weight excluding hydrogens is 819 g/mol. The van der Waals surface area contributed by atoms with Gasteiger partial charge in [0.15, 0.2) is 11.5 Å². The predicted molar refractivity (Wildman–Crippen MR) is 244 cm³/mol. The van der Waals surface area contributed by atoms with E-state index in [0.29, 0.717) is 52.6 Å². The minimum absolute atomic E-state index is 0.103. The molecule has 2 amide bonds. The molecule has 330 valence electrons. The Labute approximate surface area is 379 Å². The second-order valence-electron chi connectivity index (χ2n) is 17.3. The fourth-order valence-corrected chi connectivity index (χ4v) is 10.9. The number of hydrogen-bond acceptors (Lipinski definition) is 9. The maximum absolute atomic E-state index is 16.1. The average molecular weight is 870 g/mol. The van der Waals surface area contributed by atoms with Gasteiger partial charge in [-0.05, 0) is 114 Å². The van der Waals surface area contributed by atoms with Crippen LogP contribution in [0.15, 0.2) is 127 Å². The van der Waals surface area contributed by atoms with Crippen molar-refractivity contribution in [3.05, 3.63) is 166 Å². The molecule has 4 heterocycles. The molecule has 4 aliphatic heterocycles. The molecule has 0 unspecified atom stereocenters. The largest absolute Gasteiger partial charge is 0.493 e. The van der Waals surface area contributed by atoms with Crippen molar-refractivity contribution in [3.63, 3.8) is 0 Å². The van der Waals surface area contributed by atoms with E-state index in [1.165, 1.54) is 0 Å². The molecule has 6 atom stereocenters. The van der Waals surface area contributed by atoms with Crippen molar-refractivity contribution in [2.75, 3.05) is 39.3 Å². The minimum Gasteiger partial charge on any atom is -0.493 e. The van der Waals surface area contributed by atoms with Gasteiger partial charge in [0, 0.05) is 24.3 Å². The number of ether oxygens (including phenoxy) is 4. The Morgan fingerprint density at radius 3 is 2.23 bits per heavy atom. The summed E-state index contributed by atoms with van der Waals surface area (Å²) in [6, 6.07) is 33.9. The number of benzene rings is 5. The van der Waals surface area contributed by atoms with Crippen LogP contribution in [0.2, 0.25) is 0 Å². The van der Waals surface area contributed by atoms with Crippen LogP contribution < -0.4 is 19.5 Å². The molecule has 65 heavy (non-hydrogen) atoms. The number of fused-ring (bicyclic) bond motifs is 4. The highest BCUT2D eigenvalue weighted by atomic mass is 16.6. The third-order valence-electron chi connectivity index (χ3n) is 13.8. The van der Waals surface area contributed by atoms with Gasteiger partial charge in [0.25, 0.3) is 0 Å². The smallest absolute Gasteiger partial charge is 0.324 e. The summed E-state index contributed by atoms with van der Waals surface area (Å²) < 4.78 is 23.8. The zero-order valence-corrected chi connectivity index (χ0v) is 36.5. The van der Waals surface area contributed by atoms with Crippen molar-refractivity contribution in [3.8, 4) is 29.1 Å². The summed E-state index contributed by atoms with van der Waals surface area (Å²) in [6.45, 7) is 0.525. The molecule has 0 saturated carbocycles. The number of amides is 2. The van der Waals surface area contributed by atoms with Crippen molar-refractivity contribution in [1.82, 2.24) is 9.80 Å². The van der Waals surface area contributed by atoms with Gasteiger partial charge in [0.1, 0.15) is 29.9 Å². The maximum Gasteiger partial charge on any atom is 0.324 e. The Balaban J connectivity index is 1.21. The molecule has 5 aromatic rings. The van der Waals surface area contributed by atoms with Crippen LogP contribution in [0.3, 0.4) is 0 Å². The highest BCUT2D eigenvalue weighted by molar-refractivity contribution is 6.12. The average Bonchev–Trinajstić information content (AvgIpc) is 3.83.